The standard InChI is InChI=1S/C18H21NO3/c20-14(11-4-1-2-5-11)6-3-9-19-17(21)15-12-7-8-13(10-12)16(15)18(19)22/h1-2,7-8,11-13,15-16H,3-6,9-10H2. The molecule has 4 rings (SSSR count). The summed E-state index contributed by atoms with van der Waals surface area (Å²) < 4.78 is 0. The molecule has 1 saturated carbocycles. The molecule has 1 aliphatic heterocycles. The molecule has 0 spiro atoms. The number of Topliss-reactive ketones (excluding diaryl/α,β-unsaturated/α-hetero) is 1. The van der Waals surface area contributed by atoms with Gasteiger partial charge in [0.2, 0.25) is 11.8 Å². The second-order valence-electron chi connectivity index (χ2n) is 7.04. The fourth-order valence-electron chi connectivity index (χ4n) is 4.68. The van der Waals surface area contributed by atoms with E-state index in [9.17, 15) is 14.4 Å². The SMILES string of the molecule is O=C(CCCN1C(=O)C2C3C=CC(C3)C2C1=O)C1CC=CC1. The van der Waals surface area contributed by atoms with E-state index in [0.717, 1.165) is 19.3 Å². The Labute approximate surface area is 130 Å². The van der Waals surface area contributed by atoms with Gasteiger partial charge in [0.1, 0.15) is 5.78 Å². The van der Waals surface area contributed by atoms with Gasteiger partial charge in [-0.2, -0.15) is 0 Å². The number of hydrogen-bond donors (Lipinski definition) is 0. The largest absolute Gasteiger partial charge is 0.299 e. The third-order valence-electron chi connectivity index (χ3n) is 5.83. The van der Waals surface area contributed by atoms with Crippen molar-refractivity contribution in [1.29, 1.82) is 0 Å². The topological polar surface area (TPSA) is 54.5 Å². The number of likely N-dealkylation sites (tertiary alicyclic amines) is 1. The van der Waals surface area contributed by atoms with Crippen molar-refractivity contribution in [2.45, 2.75) is 32.1 Å². The molecule has 0 aromatic rings. The van der Waals surface area contributed by atoms with Crippen molar-refractivity contribution in [3.63, 3.8) is 0 Å². The molecule has 0 N–H and O–H groups in total. The third-order valence-corrected chi connectivity index (χ3v) is 5.83. The number of nitrogens with zero attached hydrogens (tertiary/aromatic N) is 1. The Morgan fingerprint density at radius 1 is 1.05 bits per heavy atom. The van der Waals surface area contributed by atoms with E-state index >= 15 is 0 Å². The van der Waals surface area contributed by atoms with Crippen molar-refractivity contribution in [3.8, 4) is 0 Å². The van der Waals surface area contributed by atoms with Crippen molar-refractivity contribution < 1.29 is 14.4 Å². The van der Waals surface area contributed by atoms with E-state index in [4.69, 9.17) is 0 Å². The van der Waals surface area contributed by atoms with Crippen LogP contribution in [0.2, 0.25) is 0 Å². The van der Waals surface area contributed by atoms with Crippen LogP contribution in [-0.2, 0) is 14.4 Å². The van der Waals surface area contributed by atoms with E-state index in [0.29, 0.717) is 19.4 Å². The maximum absolute atomic E-state index is 12.5. The molecule has 4 nitrogen and oxygen atoms in total. The minimum absolute atomic E-state index is 0.00170. The summed E-state index contributed by atoms with van der Waals surface area (Å²) in [6, 6.07) is 0. The van der Waals surface area contributed by atoms with Crippen molar-refractivity contribution in [3.05, 3.63) is 24.3 Å². The smallest absolute Gasteiger partial charge is 0.233 e. The van der Waals surface area contributed by atoms with E-state index in [1.165, 1.54) is 4.90 Å². The molecule has 4 atom stereocenters. The van der Waals surface area contributed by atoms with Gasteiger partial charge in [0.25, 0.3) is 0 Å². The van der Waals surface area contributed by atoms with E-state index in [1.54, 1.807) is 0 Å². The number of imide groups is 1. The van der Waals surface area contributed by atoms with Crippen LogP contribution in [-0.4, -0.2) is 29.0 Å². The Hall–Kier alpha value is -1.71. The maximum Gasteiger partial charge on any atom is 0.233 e. The zero-order chi connectivity index (χ0) is 15.3. The molecule has 2 bridgehead atoms. The van der Waals surface area contributed by atoms with Gasteiger partial charge in [-0.3, -0.25) is 19.3 Å². The van der Waals surface area contributed by atoms with E-state index in [-0.39, 0.29) is 47.2 Å². The van der Waals surface area contributed by atoms with Gasteiger partial charge in [0, 0.05) is 18.9 Å². The molecular weight excluding hydrogens is 278 g/mol. The molecule has 4 heteroatoms. The second-order valence-corrected chi connectivity index (χ2v) is 7.04. The summed E-state index contributed by atoms with van der Waals surface area (Å²) in [4.78, 5) is 38.5. The minimum atomic E-state index is -0.114. The first kappa shape index (κ1) is 13.9. The van der Waals surface area contributed by atoms with Crippen LogP contribution in [0.4, 0.5) is 0 Å². The quantitative estimate of drug-likeness (QED) is 0.577. The van der Waals surface area contributed by atoms with E-state index in [1.807, 2.05) is 0 Å². The van der Waals surface area contributed by atoms with E-state index < -0.39 is 0 Å². The minimum Gasteiger partial charge on any atom is -0.299 e. The predicted molar refractivity (Wildman–Crippen MR) is 80.5 cm³/mol. The molecule has 22 heavy (non-hydrogen) atoms. The maximum atomic E-state index is 12.5. The first-order valence-electron chi connectivity index (χ1n) is 8.38. The Balaban J connectivity index is 1.33. The van der Waals surface area contributed by atoms with Crippen LogP contribution in [0.1, 0.15) is 32.1 Å². The summed E-state index contributed by atoms with van der Waals surface area (Å²) in [5.74, 6) is 0.707. The zero-order valence-electron chi connectivity index (χ0n) is 12.6. The third kappa shape index (κ3) is 2.00. The number of ketones is 1. The summed E-state index contributed by atoms with van der Waals surface area (Å²) in [5.41, 5.74) is 0. The van der Waals surface area contributed by atoms with Crippen molar-refractivity contribution in [1.82, 2.24) is 4.90 Å². The molecule has 116 valence electrons. The zero-order valence-corrected chi connectivity index (χ0v) is 12.6. The molecule has 4 aliphatic rings. The fourth-order valence-corrected chi connectivity index (χ4v) is 4.68. The highest BCUT2D eigenvalue weighted by atomic mass is 16.2. The summed E-state index contributed by atoms with van der Waals surface area (Å²) in [5, 5.41) is 0. The normalized spacial score (nSPS) is 35.9. The van der Waals surface area contributed by atoms with Gasteiger partial charge in [-0.1, -0.05) is 24.3 Å². The lowest BCUT2D eigenvalue weighted by atomic mass is 9.85. The van der Waals surface area contributed by atoms with Gasteiger partial charge >= 0.3 is 0 Å². The van der Waals surface area contributed by atoms with Gasteiger partial charge in [-0.15, -0.1) is 0 Å². The lowest BCUT2D eigenvalue weighted by Crippen LogP contribution is -2.34. The summed E-state index contributed by atoms with van der Waals surface area (Å²) in [7, 11) is 0. The second kappa shape index (κ2) is 5.18. The highest BCUT2D eigenvalue weighted by Crippen LogP contribution is 2.52. The highest BCUT2D eigenvalue weighted by Gasteiger charge is 2.58. The molecule has 0 radical (unpaired) electrons. The molecule has 1 heterocycles. The Morgan fingerprint density at radius 2 is 1.64 bits per heavy atom. The number of carbonyl (C=O) groups excluding carboxylic acids is 3. The Kier molecular flexibility index (Phi) is 3.28. The lowest BCUT2D eigenvalue weighted by Gasteiger charge is -2.17. The summed E-state index contributed by atoms with van der Waals surface area (Å²) >= 11 is 0. The van der Waals surface area contributed by atoms with E-state index in [2.05, 4.69) is 24.3 Å². The predicted octanol–water partition coefficient (Wildman–Crippen LogP) is 2.11. The van der Waals surface area contributed by atoms with Crippen LogP contribution in [0.5, 0.6) is 0 Å². The van der Waals surface area contributed by atoms with Crippen LogP contribution in [0.15, 0.2) is 24.3 Å². The molecule has 3 aliphatic carbocycles. The Morgan fingerprint density at radius 3 is 2.23 bits per heavy atom. The van der Waals surface area contributed by atoms with Gasteiger partial charge in [0.15, 0.2) is 0 Å². The molecular formula is C18H21NO3. The molecule has 1 saturated heterocycles. The lowest BCUT2D eigenvalue weighted by molar-refractivity contribution is -0.141. The van der Waals surface area contributed by atoms with Crippen molar-refractivity contribution in [2.24, 2.45) is 29.6 Å². The Bertz CT molecular complexity index is 553. The number of hydrogen-bond acceptors (Lipinski definition) is 3. The molecule has 4 unspecified atom stereocenters. The van der Waals surface area contributed by atoms with Crippen LogP contribution in [0.25, 0.3) is 0 Å². The van der Waals surface area contributed by atoms with Crippen molar-refractivity contribution in [2.75, 3.05) is 6.54 Å². The van der Waals surface area contributed by atoms with Crippen LogP contribution < -0.4 is 0 Å². The molecule has 0 aromatic carbocycles. The van der Waals surface area contributed by atoms with Gasteiger partial charge in [-0.25, -0.2) is 0 Å². The van der Waals surface area contributed by atoms with Crippen molar-refractivity contribution >= 4 is 17.6 Å². The molecule has 2 amide bonds. The van der Waals surface area contributed by atoms with Gasteiger partial charge < -0.3 is 0 Å². The van der Waals surface area contributed by atoms with Gasteiger partial charge in [-0.05, 0) is 37.5 Å². The number of amides is 2. The average molecular weight is 299 g/mol. The fraction of sp³-hybridized carbons (Fsp3) is 0.611. The molecule has 0 aromatic heterocycles. The number of allylic oxidation sites excluding steroid dienone is 4. The number of rotatable bonds is 5. The van der Waals surface area contributed by atoms with Crippen LogP contribution >= 0.6 is 0 Å². The highest BCUT2D eigenvalue weighted by molar-refractivity contribution is 6.06. The van der Waals surface area contributed by atoms with Crippen LogP contribution in [0.3, 0.4) is 0 Å². The van der Waals surface area contributed by atoms with Crippen LogP contribution in [0, 0.1) is 29.6 Å². The average Bonchev–Trinajstić information content (AvgIpc) is 3.27. The first-order chi connectivity index (χ1) is 10.7. The summed E-state index contributed by atoms with van der Waals surface area (Å²) in [6.45, 7) is 0.413. The summed E-state index contributed by atoms with van der Waals surface area (Å²) in [6.07, 6.45) is 12.1. The first-order valence-corrected chi connectivity index (χ1v) is 8.38. The number of fused-ring (bicyclic) bond motifs is 5. The molecule has 2 fully saturated rings. The monoisotopic (exact) mass is 299 g/mol. The van der Waals surface area contributed by atoms with Gasteiger partial charge in [0.05, 0.1) is 11.8 Å². The number of carbonyl (C=O) groups is 3.